The minimum Gasteiger partial charge on any atom is -0.373 e. The summed E-state index contributed by atoms with van der Waals surface area (Å²) >= 11 is 0. The van der Waals surface area contributed by atoms with Gasteiger partial charge in [-0.15, -0.1) is 0 Å². The first-order chi connectivity index (χ1) is 15.4. The van der Waals surface area contributed by atoms with Crippen LogP contribution in [0.3, 0.4) is 0 Å². The molecule has 0 bridgehead atoms. The van der Waals surface area contributed by atoms with Gasteiger partial charge in [0.25, 0.3) is 0 Å². The van der Waals surface area contributed by atoms with E-state index in [1.54, 1.807) is 80.5 Å². The zero-order valence-electron chi connectivity index (χ0n) is 20.1. The zero-order valence-corrected chi connectivity index (χ0v) is 28.6. The lowest BCUT2D eigenvalue weighted by molar-refractivity contribution is 0.0701. The van der Waals surface area contributed by atoms with Gasteiger partial charge in [0.2, 0.25) is 0 Å². The van der Waals surface area contributed by atoms with E-state index in [4.69, 9.17) is 26.6 Å². The van der Waals surface area contributed by atoms with Gasteiger partial charge in [0.05, 0.1) is 9.75 Å². The molecule has 0 heterocycles. The van der Waals surface area contributed by atoms with E-state index in [0.717, 1.165) is 0 Å². The summed E-state index contributed by atoms with van der Waals surface area (Å²) < 4.78 is 35.9. The van der Waals surface area contributed by atoms with Crippen molar-refractivity contribution in [3.8, 4) is 0 Å². The molecule has 0 spiro atoms. The lowest BCUT2D eigenvalue weighted by atomic mass is 10.9. The summed E-state index contributed by atoms with van der Waals surface area (Å²) in [7, 11) is 8.67. The van der Waals surface area contributed by atoms with Crippen LogP contribution in [0, 0.1) is 0 Å². The second kappa shape index (κ2) is 22.0. The highest BCUT2D eigenvalue weighted by Crippen LogP contribution is 2.58. The van der Waals surface area contributed by atoms with Crippen molar-refractivity contribution in [1.29, 1.82) is 0 Å². The summed E-state index contributed by atoms with van der Waals surface area (Å²) in [6.07, 6.45) is 0. The molecule has 0 amide bonds. The van der Waals surface area contributed by atoms with Crippen LogP contribution in [0.25, 0.3) is 0 Å². The van der Waals surface area contributed by atoms with Crippen LogP contribution < -0.4 is 0 Å². The highest BCUT2D eigenvalue weighted by Gasteiger charge is 2.48. The van der Waals surface area contributed by atoms with Crippen molar-refractivity contribution in [3.63, 3.8) is 0 Å². The van der Waals surface area contributed by atoms with Crippen LogP contribution in [0.2, 0.25) is 0 Å². The molecule has 0 aromatic heterocycles. The molecule has 0 aliphatic rings. The van der Waals surface area contributed by atoms with Crippen LogP contribution in [-0.4, -0.2) is 67.0 Å². The molecule has 2 unspecified atom stereocenters. The van der Waals surface area contributed by atoms with Crippen LogP contribution in [0.15, 0.2) is 0 Å². The van der Waals surface area contributed by atoms with E-state index in [2.05, 4.69) is 13.8 Å². The zero-order chi connectivity index (χ0) is 24.3. The van der Waals surface area contributed by atoms with E-state index >= 15 is 0 Å². The van der Waals surface area contributed by atoms with Gasteiger partial charge < -0.3 is 26.6 Å². The van der Waals surface area contributed by atoms with Gasteiger partial charge >= 0.3 is 17.6 Å². The summed E-state index contributed by atoms with van der Waals surface area (Å²) in [5, 5.41) is 0. The maximum atomic E-state index is 5.99. The van der Waals surface area contributed by atoms with Crippen molar-refractivity contribution in [3.05, 3.63) is 0 Å². The van der Waals surface area contributed by atoms with Crippen LogP contribution in [0.1, 0.15) is 55.4 Å². The van der Waals surface area contributed by atoms with Crippen molar-refractivity contribution in [2.75, 3.05) is 39.6 Å². The summed E-state index contributed by atoms with van der Waals surface area (Å²) in [5.74, 6) is 0. The fourth-order valence-corrected chi connectivity index (χ4v) is 29.8. The predicted octanol–water partition coefficient (Wildman–Crippen LogP) is 8.21. The Kier molecular flexibility index (Phi) is 24.1. The first-order valence-corrected chi connectivity index (χ1v) is 24.4. The van der Waals surface area contributed by atoms with E-state index in [1.165, 1.54) is 0 Å². The summed E-state index contributed by atoms with van der Waals surface area (Å²) in [5.41, 5.74) is 0. The Balaban J connectivity index is 4.28. The molecule has 0 aromatic carbocycles. The Morgan fingerprint density at radius 1 is 0.438 bits per heavy atom. The van der Waals surface area contributed by atoms with Gasteiger partial charge in [0, 0.05) is 39.6 Å². The maximum Gasteiger partial charge on any atom is 0.515 e. The Bertz CT molecular complexity index is 377. The van der Waals surface area contributed by atoms with Crippen molar-refractivity contribution in [1.82, 2.24) is 0 Å². The Morgan fingerprint density at radius 3 is 0.875 bits per heavy atom. The SMILES string of the molecule is CCO[Si](OCC)(OCC)C(C)SSSSSSSSC(C)[Si](OCC)(OCC)OCC. The smallest absolute Gasteiger partial charge is 0.373 e. The van der Waals surface area contributed by atoms with Crippen LogP contribution >= 0.6 is 80.5 Å². The van der Waals surface area contributed by atoms with E-state index < -0.39 is 17.6 Å². The number of hydrogen-bond donors (Lipinski definition) is 0. The van der Waals surface area contributed by atoms with Crippen LogP contribution in [-0.2, 0) is 26.6 Å². The largest absolute Gasteiger partial charge is 0.515 e. The van der Waals surface area contributed by atoms with Crippen molar-refractivity contribution >= 4 is 98.2 Å². The van der Waals surface area contributed by atoms with Crippen molar-refractivity contribution < 1.29 is 26.6 Å². The topological polar surface area (TPSA) is 55.4 Å². The molecule has 0 fully saturated rings. The van der Waals surface area contributed by atoms with E-state index in [1.807, 2.05) is 41.5 Å². The second-order valence-corrected chi connectivity index (χ2v) is 26.0. The highest BCUT2D eigenvalue weighted by atomic mass is 34.0. The third kappa shape index (κ3) is 13.5. The Labute approximate surface area is 227 Å². The summed E-state index contributed by atoms with van der Waals surface area (Å²) in [6.45, 7) is 19.8. The molecule has 0 aliphatic carbocycles. The quantitative estimate of drug-likeness (QED) is 0.0613. The van der Waals surface area contributed by atoms with Crippen LogP contribution in [0.5, 0.6) is 0 Å². The standard InChI is InChI=1S/C16H38O6S8Si2/c1-9-17-31(18-10-2,19-11-3)15(7)23-25-27-29-30-28-26-24-16(8)32(20-12-4,21-13-5)22-14-6/h15-16H,9-14H2,1-8H3. The maximum absolute atomic E-state index is 5.99. The minimum absolute atomic E-state index is 0.165. The molecule has 0 saturated carbocycles. The Hall–Kier alpha value is 2.99. The third-order valence-corrected chi connectivity index (χ3v) is 28.6. The third-order valence-electron chi connectivity index (χ3n) is 3.58. The molecular formula is C16H38O6S8Si2. The van der Waals surface area contributed by atoms with Gasteiger partial charge in [-0.1, -0.05) is 21.6 Å². The van der Waals surface area contributed by atoms with Crippen LogP contribution in [0.4, 0.5) is 0 Å². The van der Waals surface area contributed by atoms with E-state index in [0.29, 0.717) is 39.6 Å². The molecule has 0 aliphatic heterocycles. The minimum atomic E-state index is -2.66. The number of hydrogen-bond acceptors (Lipinski definition) is 14. The van der Waals surface area contributed by atoms with Gasteiger partial charge in [-0.05, 0) is 114 Å². The van der Waals surface area contributed by atoms with Crippen molar-refractivity contribution in [2.45, 2.75) is 65.1 Å². The molecule has 0 saturated heterocycles. The van der Waals surface area contributed by atoms with Gasteiger partial charge in [0.1, 0.15) is 0 Å². The van der Waals surface area contributed by atoms with E-state index in [-0.39, 0.29) is 9.75 Å². The normalized spacial score (nSPS) is 14.6. The second-order valence-electron chi connectivity index (χ2n) is 5.69. The molecule has 0 rings (SSSR count). The molecule has 0 radical (unpaired) electrons. The van der Waals surface area contributed by atoms with Crippen molar-refractivity contribution in [2.24, 2.45) is 0 Å². The van der Waals surface area contributed by atoms with Gasteiger partial charge in [-0.3, -0.25) is 0 Å². The van der Waals surface area contributed by atoms with E-state index in [9.17, 15) is 0 Å². The molecular weight excluding hydrogens is 601 g/mol. The first kappa shape index (κ1) is 35.0. The van der Waals surface area contributed by atoms with Gasteiger partial charge in [-0.2, -0.15) is 0 Å². The van der Waals surface area contributed by atoms with Gasteiger partial charge in [0.15, 0.2) is 0 Å². The summed E-state index contributed by atoms with van der Waals surface area (Å²) in [4.78, 5) is 0.329. The molecule has 6 nitrogen and oxygen atoms in total. The highest BCUT2D eigenvalue weighted by molar-refractivity contribution is 9.48. The Morgan fingerprint density at radius 2 is 0.656 bits per heavy atom. The molecule has 2 atom stereocenters. The molecule has 16 heteroatoms. The monoisotopic (exact) mass is 638 g/mol. The lowest BCUT2D eigenvalue weighted by Gasteiger charge is -2.32. The van der Waals surface area contributed by atoms with Gasteiger partial charge in [-0.25, -0.2) is 0 Å². The molecule has 0 N–H and O–H groups in total. The summed E-state index contributed by atoms with van der Waals surface area (Å²) in [6, 6.07) is 0. The fourth-order valence-electron chi connectivity index (χ4n) is 2.47. The lowest BCUT2D eigenvalue weighted by Crippen LogP contribution is -2.54. The fraction of sp³-hybridized carbons (Fsp3) is 1.00. The number of rotatable bonds is 23. The predicted molar refractivity (Wildman–Crippen MR) is 161 cm³/mol. The average Bonchev–Trinajstić information content (AvgIpc) is 2.76. The first-order valence-electron chi connectivity index (χ1n) is 10.6. The molecule has 32 heavy (non-hydrogen) atoms. The average molecular weight is 639 g/mol. The molecule has 0 aromatic rings. The molecule has 194 valence electrons.